The molecule has 0 aromatic carbocycles. The van der Waals surface area contributed by atoms with Crippen molar-refractivity contribution >= 4 is 11.6 Å². The fourth-order valence-corrected chi connectivity index (χ4v) is 1.79. The molecule has 0 saturated heterocycles. The van der Waals surface area contributed by atoms with Crippen molar-refractivity contribution in [2.75, 3.05) is 0 Å². The summed E-state index contributed by atoms with van der Waals surface area (Å²) in [7, 11) is 0. The molecule has 1 aliphatic rings. The minimum absolute atomic E-state index is 0.527. The first kappa shape index (κ1) is 9.08. The van der Waals surface area contributed by atoms with Gasteiger partial charge in [-0.25, -0.2) is 0 Å². The summed E-state index contributed by atoms with van der Waals surface area (Å²) >= 11 is 5.97. The largest absolute Gasteiger partial charge is 0.390 e. The number of hydrogen-bond acceptors (Lipinski definition) is 1. The van der Waals surface area contributed by atoms with Crippen LogP contribution < -0.4 is 0 Å². The zero-order chi connectivity index (χ0) is 8.48. The maximum absolute atomic E-state index is 9.75. The molecule has 0 aliphatic heterocycles. The molecule has 0 amide bonds. The van der Waals surface area contributed by atoms with Crippen LogP contribution in [0.1, 0.15) is 39.5 Å². The smallest absolute Gasteiger partial charge is 0.0657 e. The van der Waals surface area contributed by atoms with Crippen LogP contribution >= 0.6 is 11.6 Å². The number of halogens is 1. The highest BCUT2D eigenvalue weighted by Crippen LogP contribution is 2.31. The minimum Gasteiger partial charge on any atom is -0.390 e. The average Bonchev–Trinajstić information content (AvgIpc) is 1.93. The van der Waals surface area contributed by atoms with E-state index in [1.807, 2.05) is 13.8 Å². The van der Waals surface area contributed by atoms with E-state index in [0.29, 0.717) is 0 Å². The van der Waals surface area contributed by atoms with Crippen LogP contribution in [0.15, 0.2) is 10.6 Å². The molecule has 0 radical (unpaired) electrons. The van der Waals surface area contributed by atoms with Crippen LogP contribution in [0, 0.1) is 0 Å². The summed E-state index contributed by atoms with van der Waals surface area (Å²) in [5.74, 6) is 0. The van der Waals surface area contributed by atoms with Gasteiger partial charge in [0, 0.05) is 5.03 Å². The van der Waals surface area contributed by atoms with Crippen molar-refractivity contribution in [2.24, 2.45) is 0 Å². The van der Waals surface area contributed by atoms with Gasteiger partial charge in [0.05, 0.1) is 5.60 Å². The Hall–Kier alpha value is -0.0100. The lowest BCUT2D eigenvalue weighted by atomic mass is 9.95. The van der Waals surface area contributed by atoms with Crippen molar-refractivity contribution in [3.8, 4) is 0 Å². The first-order valence-corrected chi connectivity index (χ1v) is 4.45. The molecule has 64 valence electrons. The summed E-state index contributed by atoms with van der Waals surface area (Å²) in [5.41, 5.74) is 0.620. The molecule has 1 unspecified atom stereocenters. The molecule has 1 nitrogen and oxygen atoms in total. The fraction of sp³-hybridized carbons (Fsp3) is 0.778. The highest BCUT2D eigenvalue weighted by Gasteiger charge is 2.24. The summed E-state index contributed by atoms with van der Waals surface area (Å²) < 4.78 is 0. The lowest BCUT2D eigenvalue weighted by Gasteiger charge is -2.20. The van der Waals surface area contributed by atoms with Gasteiger partial charge in [0.25, 0.3) is 0 Å². The molecule has 11 heavy (non-hydrogen) atoms. The van der Waals surface area contributed by atoms with Crippen molar-refractivity contribution in [2.45, 2.75) is 45.1 Å². The topological polar surface area (TPSA) is 20.2 Å². The Morgan fingerprint density at radius 1 is 1.55 bits per heavy atom. The first-order chi connectivity index (χ1) is 5.01. The normalized spacial score (nSPS) is 33.8. The molecule has 0 fully saturated rings. The number of aliphatic hydroxyl groups is 1. The third-order valence-corrected chi connectivity index (χ3v) is 2.73. The van der Waals surface area contributed by atoms with Gasteiger partial charge in [-0.15, -0.1) is 0 Å². The molecule has 2 heteroatoms. The van der Waals surface area contributed by atoms with Crippen LogP contribution in [0.4, 0.5) is 0 Å². The minimum atomic E-state index is -0.527. The summed E-state index contributed by atoms with van der Waals surface area (Å²) in [5, 5.41) is 10.7. The van der Waals surface area contributed by atoms with Crippen LogP contribution in [-0.2, 0) is 0 Å². The van der Waals surface area contributed by atoms with Gasteiger partial charge in [0.1, 0.15) is 0 Å². The van der Waals surface area contributed by atoms with Crippen molar-refractivity contribution < 1.29 is 5.11 Å². The predicted octanol–water partition coefficient (Wildman–Crippen LogP) is 2.82. The molecular formula is C9H15ClO. The zero-order valence-corrected chi connectivity index (χ0v) is 7.91. The standard InChI is InChI=1S/C9H15ClO/c1-7-6-9(2,11)5-3-4-8(7)10/h11H,3-6H2,1-2H3. The van der Waals surface area contributed by atoms with E-state index in [1.165, 1.54) is 0 Å². The van der Waals surface area contributed by atoms with Gasteiger partial charge in [-0.05, 0) is 39.5 Å². The monoisotopic (exact) mass is 174 g/mol. The van der Waals surface area contributed by atoms with Crippen LogP contribution in [0.2, 0.25) is 0 Å². The van der Waals surface area contributed by atoms with E-state index in [0.717, 1.165) is 36.3 Å². The highest BCUT2D eigenvalue weighted by atomic mass is 35.5. The maximum Gasteiger partial charge on any atom is 0.0657 e. The molecule has 0 bridgehead atoms. The van der Waals surface area contributed by atoms with Gasteiger partial charge in [0.15, 0.2) is 0 Å². The van der Waals surface area contributed by atoms with Crippen LogP contribution in [-0.4, -0.2) is 10.7 Å². The Bertz CT molecular complexity index is 182. The second-order valence-corrected chi connectivity index (χ2v) is 4.17. The average molecular weight is 175 g/mol. The van der Waals surface area contributed by atoms with Gasteiger partial charge >= 0.3 is 0 Å². The first-order valence-electron chi connectivity index (χ1n) is 4.08. The number of hydrogen-bond donors (Lipinski definition) is 1. The Kier molecular flexibility index (Phi) is 2.61. The van der Waals surface area contributed by atoms with E-state index in [-0.39, 0.29) is 0 Å². The Balaban J connectivity index is 2.74. The van der Waals surface area contributed by atoms with E-state index in [4.69, 9.17) is 11.6 Å². The lowest BCUT2D eigenvalue weighted by molar-refractivity contribution is 0.0517. The SMILES string of the molecule is CC1=C(Cl)CCCC(C)(O)C1. The van der Waals surface area contributed by atoms with E-state index in [1.54, 1.807) is 0 Å². The number of allylic oxidation sites excluding steroid dienone is 1. The molecule has 1 aliphatic carbocycles. The molecule has 1 atom stereocenters. The lowest BCUT2D eigenvalue weighted by Crippen LogP contribution is -2.22. The Labute approximate surface area is 73.1 Å². The summed E-state index contributed by atoms with van der Waals surface area (Å²) in [6, 6.07) is 0. The quantitative estimate of drug-likeness (QED) is 0.599. The van der Waals surface area contributed by atoms with Gasteiger partial charge in [-0.3, -0.25) is 0 Å². The van der Waals surface area contributed by atoms with Crippen molar-refractivity contribution in [3.05, 3.63) is 10.6 Å². The van der Waals surface area contributed by atoms with Crippen LogP contribution in [0.3, 0.4) is 0 Å². The van der Waals surface area contributed by atoms with E-state index < -0.39 is 5.60 Å². The molecule has 0 aromatic rings. The Morgan fingerprint density at radius 3 is 2.82 bits per heavy atom. The van der Waals surface area contributed by atoms with Crippen LogP contribution in [0.25, 0.3) is 0 Å². The molecule has 0 aromatic heterocycles. The van der Waals surface area contributed by atoms with E-state index in [2.05, 4.69) is 0 Å². The molecule has 0 spiro atoms. The molecule has 1 rings (SSSR count). The predicted molar refractivity (Wildman–Crippen MR) is 47.6 cm³/mol. The van der Waals surface area contributed by atoms with Gasteiger partial charge in [0.2, 0.25) is 0 Å². The molecule has 0 saturated carbocycles. The zero-order valence-electron chi connectivity index (χ0n) is 7.15. The van der Waals surface area contributed by atoms with Crippen LogP contribution in [0.5, 0.6) is 0 Å². The van der Waals surface area contributed by atoms with Crippen molar-refractivity contribution in [1.29, 1.82) is 0 Å². The van der Waals surface area contributed by atoms with Gasteiger partial charge < -0.3 is 5.11 Å². The second kappa shape index (κ2) is 3.16. The fourth-order valence-electron chi connectivity index (χ4n) is 1.59. The summed E-state index contributed by atoms with van der Waals surface area (Å²) in [4.78, 5) is 0. The molecule has 1 N–H and O–H groups in total. The Morgan fingerprint density at radius 2 is 2.18 bits per heavy atom. The van der Waals surface area contributed by atoms with E-state index >= 15 is 0 Å². The van der Waals surface area contributed by atoms with Gasteiger partial charge in [-0.1, -0.05) is 17.2 Å². The molecular weight excluding hydrogens is 160 g/mol. The number of rotatable bonds is 0. The van der Waals surface area contributed by atoms with E-state index in [9.17, 15) is 5.11 Å². The van der Waals surface area contributed by atoms with Gasteiger partial charge in [-0.2, -0.15) is 0 Å². The maximum atomic E-state index is 9.75. The van der Waals surface area contributed by atoms with Crippen molar-refractivity contribution in [1.82, 2.24) is 0 Å². The highest BCUT2D eigenvalue weighted by molar-refractivity contribution is 6.29. The third kappa shape index (κ3) is 2.49. The third-order valence-electron chi connectivity index (χ3n) is 2.22. The second-order valence-electron chi connectivity index (χ2n) is 3.71. The summed E-state index contributed by atoms with van der Waals surface area (Å²) in [6.45, 7) is 3.88. The molecule has 0 heterocycles. The summed E-state index contributed by atoms with van der Waals surface area (Å²) in [6.07, 6.45) is 3.53. The van der Waals surface area contributed by atoms with Crippen molar-refractivity contribution in [3.63, 3.8) is 0 Å².